The number of nitrogens with one attached hydrogen (secondary N) is 1. The number of nitrogens with two attached hydrogens (primary N) is 1. The monoisotopic (exact) mass is 394 g/mol. The smallest absolute Gasteiger partial charge is 0.231 e. The number of rotatable bonds is 7. The summed E-state index contributed by atoms with van der Waals surface area (Å²) in [5.74, 6) is -0.0157. The first kappa shape index (κ1) is 22.4. The first-order valence-corrected chi connectivity index (χ1v) is 9.36. The van der Waals surface area contributed by atoms with Crippen LogP contribution in [0.3, 0.4) is 0 Å². The average molecular weight is 395 g/mol. The maximum atomic E-state index is 12.6. The van der Waals surface area contributed by atoms with E-state index in [1.54, 1.807) is 0 Å². The highest BCUT2D eigenvalue weighted by atomic mass is 35.5. The summed E-state index contributed by atoms with van der Waals surface area (Å²) in [5.41, 5.74) is 8.02. The molecular weight excluding hydrogens is 368 g/mol. The largest absolute Gasteiger partial charge is 0.329 e. The number of nitrogens with zero attached hydrogens (tertiary/aromatic N) is 2. The molecule has 2 rings (SSSR count). The number of halogens is 1. The van der Waals surface area contributed by atoms with Crippen LogP contribution in [0.15, 0.2) is 40.4 Å². The van der Waals surface area contributed by atoms with E-state index < -0.39 is 5.41 Å². The number of amides is 1. The van der Waals surface area contributed by atoms with Gasteiger partial charge in [-0.1, -0.05) is 13.8 Å². The van der Waals surface area contributed by atoms with Crippen LogP contribution in [0.5, 0.6) is 0 Å². The summed E-state index contributed by atoms with van der Waals surface area (Å²) in [6.45, 7) is 8.27. The lowest BCUT2D eigenvalue weighted by Crippen LogP contribution is -2.41. The van der Waals surface area contributed by atoms with Crippen LogP contribution in [0.1, 0.15) is 38.1 Å². The van der Waals surface area contributed by atoms with Gasteiger partial charge in [-0.3, -0.25) is 4.79 Å². The van der Waals surface area contributed by atoms with Crippen molar-refractivity contribution in [2.45, 2.75) is 50.6 Å². The van der Waals surface area contributed by atoms with Gasteiger partial charge in [0.25, 0.3) is 0 Å². The minimum Gasteiger partial charge on any atom is -0.329 e. The number of aromatic nitrogens is 2. The zero-order valence-electron chi connectivity index (χ0n) is 15.7. The molecule has 5 nitrogen and oxygen atoms in total. The summed E-state index contributed by atoms with van der Waals surface area (Å²) in [4.78, 5) is 22.5. The van der Waals surface area contributed by atoms with E-state index in [0.717, 1.165) is 40.0 Å². The van der Waals surface area contributed by atoms with Crippen molar-refractivity contribution in [3.05, 3.63) is 41.7 Å². The minimum absolute atomic E-state index is 0. The zero-order valence-corrected chi connectivity index (χ0v) is 17.3. The van der Waals surface area contributed by atoms with Crippen molar-refractivity contribution in [1.82, 2.24) is 9.97 Å². The summed E-state index contributed by atoms with van der Waals surface area (Å²) in [6, 6.07) is 9.67. The number of anilines is 1. The van der Waals surface area contributed by atoms with Gasteiger partial charge in [-0.25, -0.2) is 9.97 Å². The predicted molar refractivity (Wildman–Crippen MR) is 110 cm³/mol. The van der Waals surface area contributed by atoms with Gasteiger partial charge in [0.15, 0.2) is 5.16 Å². The van der Waals surface area contributed by atoms with Crippen molar-refractivity contribution in [1.29, 1.82) is 0 Å². The van der Waals surface area contributed by atoms with Crippen LogP contribution in [0, 0.1) is 19.3 Å². The molecule has 1 aromatic heterocycles. The number of carbonyl (C=O) groups excluding carboxylic acids is 1. The Hall–Kier alpha value is -1.63. The first-order chi connectivity index (χ1) is 11.9. The fraction of sp³-hybridized carbons (Fsp3) is 0.421. The van der Waals surface area contributed by atoms with E-state index in [1.165, 1.54) is 11.8 Å². The molecule has 0 radical (unpaired) electrons. The summed E-state index contributed by atoms with van der Waals surface area (Å²) >= 11 is 1.51. The van der Waals surface area contributed by atoms with E-state index in [0.29, 0.717) is 6.54 Å². The number of hydrogen-bond donors (Lipinski definition) is 2. The summed E-state index contributed by atoms with van der Waals surface area (Å²) in [7, 11) is 0. The maximum Gasteiger partial charge on any atom is 0.231 e. The number of aryl methyl sites for hydroxylation is 2. The Morgan fingerprint density at radius 3 is 2.12 bits per heavy atom. The van der Waals surface area contributed by atoms with Crippen molar-refractivity contribution in [3.8, 4) is 0 Å². The lowest BCUT2D eigenvalue weighted by atomic mass is 9.81. The third kappa shape index (κ3) is 5.43. The molecule has 7 heteroatoms. The van der Waals surface area contributed by atoms with Crippen molar-refractivity contribution in [2.24, 2.45) is 11.1 Å². The highest BCUT2D eigenvalue weighted by Crippen LogP contribution is 2.29. The molecule has 0 aliphatic carbocycles. The molecule has 0 aliphatic rings. The Bertz CT molecular complexity index is 704. The SMILES string of the molecule is CCC(CC)(CN)C(=O)Nc1ccc(Sc2nc(C)cc(C)n2)cc1.Cl. The molecule has 0 atom stereocenters. The third-order valence-corrected chi connectivity index (χ3v) is 5.38. The van der Waals surface area contributed by atoms with Gasteiger partial charge in [-0.05, 0) is 68.8 Å². The molecule has 0 bridgehead atoms. The van der Waals surface area contributed by atoms with Crippen LogP contribution >= 0.6 is 24.2 Å². The van der Waals surface area contributed by atoms with Crippen molar-refractivity contribution >= 4 is 35.8 Å². The topological polar surface area (TPSA) is 80.9 Å². The Balaban J connectivity index is 0.00000338. The Morgan fingerprint density at radius 2 is 1.65 bits per heavy atom. The van der Waals surface area contributed by atoms with Gasteiger partial charge in [0, 0.05) is 28.5 Å². The number of carbonyl (C=O) groups is 1. The van der Waals surface area contributed by atoms with Gasteiger partial charge in [0.2, 0.25) is 5.91 Å². The molecule has 0 aliphatic heterocycles. The minimum atomic E-state index is -0.500. The van der Waals surface area contributed by atoms with Crippen LogP contribution in [0.4, 0.5) is 5.69 Å². The van der Waals surface area contributed by atoms with Gasteiger partial charge in [-0.2, -0.15) is 0 Å². The van der Waals surface area contributed by atoms with E-state index >= 15 is 0 Å². The maximum absolute atomic E-state index is 12.6. The van der Waals surface area contributed by atoms with Gasteiger partial charge in [0.1, 0.15) is 0 Å². The molecule has 0 unspecified atom stereocenters. The van der Waals surface area contributed by atoms with Crippen LogP contribution in [-0.2, 0) is 4.79 Å². The fourth-order valence-electron chi connectivity index (χ4n) is 2.67. The summed E-state index contributed by atoms with van der Waals surface area (Å²) in [5, 5.41) is 3.72. The van der Waals surface area contributed by atoms with Crippen molar-refractivity contribution < 1.29 is 4.79 Å². The summed E-state index contributed by atoms with van der Waals surface area (Å²) < 4.78 is 0. The highest BCUT2D eigenvalue weighted by molar-refractivity contribution is 7.99. The molecular formula is C19H27ClN4OS. The van der Waals surface area contributed by atoms with Gasteiger partial charge in [0.05, 0.1) is 5.41 Å². The molecule has 1 aromatic carbocycles. The van der Waals surface area contributed by atoms with Gasteiger partial charge < -0.3 is 11.1 Å². The predicted octanol–water partition coefficient (Wildman–Crippen LogP) is 4.37. The third-order valence-electron chi connectivity index (χ3n) is 4.51. The van der Waals surface area contributed by atoms with Crippen LogP contribution in [0.2, 0.25) is 0 Å². The lowest BCUT2D eigenvalue weighted by molar-refractivity contribution is -0.125. The first-order valence-electron chi connectivity index (χ1n) is 8.54. The van der Waals surface area contributed by atoms with Crippen LogP contribution in [0.25, 0.3) is 0 Å². The lowest BCUT2D eigenvalue weighted by Gasteiger charge is -2.28. The number of benzene rings is 1. The second-order valence-corrected chi connectivity index (χ2v) is 7.25. The standard InChI is InChI=1S/C19H26N4OS.ClH/c1-5-19(6-2,12-20)17(24)23-15-7-9-16(10-8-15)25-18-21-13(3)11-14(4)22-18;/h7-11H,5-6,12,20H2,1-4H3,(H,23,24);1H. The van der Waals surface area contributed by atoms with E-state index in [1.807, 2.05) is 58.0 Å². The molecule has 0 saturated heterocycles. The highest BCUT2D eigenvalue weighted by Gasteiger charge is 2.33. The fourth-order valence-corrected chi connectivity index (χ4v) is 3.53. The summed E-state index contributed by atoms with van der Waals surface area (Å²) in [6.07, 6.45) is 1.45. The van der Waals surface area contributed by atoms with Gasteiger partial charge in [-0.15, -0.1) is 12.4 Å². The Labute approximate surface area is 166 Å². The Kier molecular flexibility index (Phi) is 8.53. The molecule has 3 N–H and O–H groups in total. The number of hydrogen-bond acceptors (Lipinski definition) is 5. The van der Waals surface area contributed by atoms with Gasteiger partial charge >= 0.3 is 0 Å². The molecule has 26 heavy (non-hydrogen) atoms. The molecule has 2 aromatic rings. The molecule has 0 saturated carbocycles. The van der Waals surface area contributed by atoms with E-state index in [-0.39, 0.29) is 18.3 Å². The van der Waals surface area contributed by atoms with E-state index in [4.69, 9.17) is 5.73 Å². The quantitative estimate of drug-likeness (QED) is 0.681. The normalized spacial score (nSPS) is 11.0. The molecule has 0 fully saturated rings. The zero-order chi connectivity index (χ0) is 18.4. The second-order valence-electron chi connectivity index (χ2n) is 6.21. The van der Waals surface area contributed by atoms with Crippen molar-refractivity contribution in [2.75, 3.05) is 11.9 Å². The average Bonchev–Trinajstić information content (AvgIpc) is 2.58. The molecule has 142 valence electrons. The van der Waals surface area contributed by atoms with Crippen LogP contribution < -0.4 is 11.1 Å². The van der Waals surface area contributed by atoms with Crippen LogP contribution in [-0.4, -0.2) is 22.4 Å². The van der Waals surface area contributed by atoms with E-state index in [9.17, 15) is 4.79 Å². The van der Waals surface area contributed by atoms with Crippen molar-refractivity contribution in [3.63, 3.8) is 0 Å². The molecule has 1 heterocycles. The van der Waals surface area contributed by atoms with E-state index in [2.05, 4.69) is 15.3 Å². The second kappa shape index (κ2) is 9.90. The molecule has 0 spiro atoms. The Morgan fingerprint density at radius 1 is 1.12 bits per heavy atom. The molecule has 1 amide bonds.